The van der Waals surface area contributed by atoms with Crippen LogP contribution >= 0.6 is 0 Å². The van der Waals surface area contributed by atoms with Crippen LogP contribution in [0.5, 0.6) is 0 Å². The van der Waals surface area contributed by atoms with Crippen molar-refractivity contribution in [3.05, 3.63) is 66.1 Å². The number of hydrogen-bond acceptors (Lipinski definition) is 6. The van der Waals surface area contributed by atoms with Crippen LogP contribution < -0.4 is 5.73 Å². The fraction of sp³-hybridized carbons (Fsp3) is 0.125. The Balaban J connectivity index is 1.81. The summed E-state index contributed by atoms with van der Waals surface area (Å²) in [5, 5.41) is 21.8. The lowest BCUT2D eigenvalue weighted by Gasteiger charge is -2.03. The summed E-state index contributed by atoms with van der Waals surface area (Å²) in [6.45, 7) is 0.448. The molecule has 0 unspecified atom stereocenters. The summed E-state index contributed by atoms with van der Waals surface area (Å²) >= 11 is 0. The van der Waals surface area contributed by atoms with Crippen molar-refractivity contribution in [1.82, 2.24) is 14.8 Å². The van der Waals surface area contributed by atoms with Gasteiger partial charge in [0.25, 0.3) is 0 Å². The van der Waals surface area contributed by atoms with Crippen LogP contribution in [0.4, 0.5) is 17.2 Å². The third-order valence-corrected chi connectivity index (χ3v) is 3.37. The smallest absolute Gasteiger partial charge is 0.150 e. The molecule has 1 aromatic carbocycles. The Morgan fingerprint density at radius 3 is 2.57 bits per heavy atom. The molecule has 3 rings (SSSR count). The Hall–Kier alpha value is -3.06. The minimum atomic E-state index is -0.0913. The van der Waals surface area contributed by atoms with Gasteiger partial charge < -0.3 is 10.8 Å². The molecule has 2 aromatic heterocycles. The number of pyridine rings is 1. The number of nitrogen functional groups attached to an aromatic ring is 1. The molecule has 3 aromatic rings. The molecule has 23 heavy (non-hydrogen) atoms. The molecule has 0 saturated heterocycles. The van der Waals surface area contributed by atoms with Gasteiger partial charge in [0.1, 0.15) is 11.5 Å². The summed E-state index contributed by atoms with van der Waals surface area (Å²) in [5.74, 6) is 0.437. The number of aliphatic hydroxyl groups excluding tert-OH is 1. The van der Waals surface area contributed by atoms with Gasteiger partial charge in [-0.2, -0.15) is 5.10 Å². The first-order valence-electron chi connectivity index (χ1n) is 7.08. The van der Waals surface area contributed by atoms with Crippen molar-refractivity contribution in [3.8, 4) is 0 Å². The average Bonchev–Trinajstić information content (AvgIpc) is 2.94. The lowest BCUT2D eigenvalue weighted by molar-refractivity contribution is 0.282. The molecule has 0 radical (unpaired) electrons. The first-order chi connectivity index (χ1) is 11.3. The number of hydrogen-bond donors (Lipinski definition) is 2. The molecule has 0 bridgehead atoms. The highest BCUT2D eigenvalue weighted by molar-refractivity contribution is 5.57. The van der Waals surface area contributed by atoms with Gasteiger partial charge in [-0.3, -0.25) is 4.98 Å². The minimum Gasteiger partial charge on any atom is -0.392 e. The fourth-order valence-electron chi connectivity index (χ4n) is 2.10. The van der Waals surface area contributed by atoms with Crippen LogP contribution in [0.25, 0.3) is 0 Å². The van der Waals surface area contributed by atoms with E-state index in [0.29, 0.717) is 29.3 Å². The number of rotatable bonds is 5. The van der Waals surface area contributed by atoms with Crippen molar-refractivity contribution < 1.29 is 5.11 Å². The molecule has 0 spiro atoms. The average molecular weight is 308 g/mol. The third-order valence-electron chi connectivity index (χ3n) is 3.37. The normalized spacial score (nSPS) is 11.2. The molecule has 116 valence electrons. The van der Waals surface area contributed by atoms with Gasteiger partial charge in [-0.1, -0.05) is 18.2 Å². The lowest BCUT2D eigenvalue weighted by Crippen LogP contribution is -2.05. The molecule has 0 amide bonds. The Kier molecular flexibility index (Phi) is 4.39. The second kappa shape index (κ2) is 6.80. The van der Waals surface area contributed by atoms with E-state index in [4.69, 9.17) is 5.73 Å². The van der Waals surface area contributed by atoms with Gasteiger partial charge in [-0.15, -0.1) is 10.2 Å². The van der Waals surface area contributed by atoms with Crippen molar-refractivity contribution in [3.63, 3.8) is 0 Å². The van der Waals surface area contributed by atoms with Crippen LogP contribution in [0.1, 0.15) is 11.1 Å². The number of aliphatic hydroxyl groups is 1. The highest BCUT2D eigenvalue weighted by atomic mass is 16.3. The number of nitrogens with zero attached hydrogens (tertiary/aromatic N) is 5. The van der Waals surface area contributed by atoms with Crippen molar-refractivity contribution >= 4 is 17.2 Å². The Bertz CT molecular complexity index is 812. The molecule has 3 N–H and O–H groups in total. The maximum absolute atomic E-state index is 9.29. The van der Waals surface area contributed by atoms with E-state index in [0.717, 1.165) is 5.56 Å². The molecule has 0 aliphatic rings. The first-order valence-corrected chi connectivity index (χ1v) is 7.08. The highest BCUT2D eigenvalue weighted by Crippen LogP contribution is 2.26. The van der Waals surface area contributed by atoms with Gasteiger partial charge in [0.2, 0.25) is 0 Å². The summed E-state index contributed by atoms with van der Waals surface area (Å²) in [6, 6.07) is 11.1. The van der Waals surface area contributed by atoms with Gasteiger partial charge in [0.05, 0.1) is 25.0 Å². The van der Waals surface area contributed by atoms with Gasteiger partial charge in [-0.25, -0.2) is 4.68 Å². The summed E-state index contributed by atoms with van der Waals surface area (Å²) in [6.07, 6.45) is 5.02. The standard InChI is InChI=1S/C16H16N6O/c17-16-15(21-20-14-4-2-1-3-13(14)11-23)9-19-22(16)10-12-5-7-18-8-6-12/h1-9,23H,10-11,17H2. The molecule has 0 aliphatic carbocycles. The molecular weight excluding hydrogens is 292 g/mol. The van der Waals surface area contributed by atoms with E-state index in [1.807, 2.05) is 24.3 Å². The van der Waals surface area contributed by atoms with E-state index in [9.17, 15) is 5.11 Å². The van der Waals surface area contributed by atoms with Crippen LogP contribution in [0.3, 0.4) is 0 Å². The Morgan fingerprint density at radius 2 is 1.78 bits per heavy atom. The van der Waals surface area contributed by atoms with Crippen LogP contribution in [0.2, 0.25) is 0 Å². The maximum Gasteiger partial charge on any atom is 0.150 e. The first kappa shape index (κ1) is 14.9. The number of nitrogens with two attached hydrogens (primary N) is 1. The van der Waals surface area contributed by atoms with Crippen molar-refractivity contribution in [2.45, 2.75) is 13.2 Å². The van der Waals surface area contributed by atoms with E-state index in [2.05, 4.69) is 20.3 Å². The number of benzene rings is 1. The summed E-state index contributed by atoms with van der Waals surface area (Å²) in [7, 11) is 0. The summed E-state index contributed by atoms with van der Waals surface area (Å²) in [4.78, 5) is 3.98. The molecular formula is C16H16N6O. The van der Waals surface area contributed by atoms with Crippen LogP contribution in [-0.2, 0) is 13.2 Å². The van der Waals surface area contributed by atoms with Crippen LogP contribution in [-0.4, -0.2) is 19.9 Å². The van der Waals surface area contributed by atoms with Gasteiger partial charge in [0, 0.05) is 18.0 Å². The van der Waals surface area contributed by atoms with Gasteiger partial charge in [-0.05, 0) is 23.8 Å². The van der Waals surface area contributed by atoms with Crippen molar-refractivity contribution in [2.75, 3.05) is 5.73 Å². The Labute approximate surface area is 133 Å². The minimum absolute atomic E-state index is 0.0913. The second-order valence-electron chi connectivity index (χ2n) is 4.91. The van der Waals surface area contributed by atoms with Gasteiger partial charge >= 0.3 is 0 Å². The highest BCUT2D eigenvalue weighted by Gasteiger charge is 2.07. The topological polar surface area (TPSA) is 102 Å². The monoisotopic (exact) mass is 308 g/mol. The molecule has 7 heteroatoms. The quantitative estimate of drug-likeness (QED) is 0.707. The van der Waals surface area contributed by atoms with Crippen molar-refractivity contribution in [2.24, 2.45) is 10.2 Å². The van der Waals surface area contributed by atoms with E-state index < -0.39 is 0 Å². The van der Waals surface area contributed by atoms with E-state index in [1.54, 1.807) is 35.4 Å². The zero-order chi connectivity index (χ0) is 16.1. The number of azo groups is 1. The Morgan fingerprint density at radius 1 is 1.04 bits per heavy atom. The second-order valence-corrected chi connectivity index (χ2v) is 4.91. The molecule has 0 fully saturated rings. The zero-order valence-corrected chi connectivity index (χ0v) is 12.4. The van der Waals surface area contributed by atoms with Crippen LogP contribution in [0, 0.1) is 0 Å². The predicted octanol–water partition coefficient (Wildman–Crippen LogP) is 2.82. The molecule has 0 saturated carbocycles. The van der Waals surface area contributed by atoms with Gasteiger partial charge in [0.15, 0.2) is 0 Å². The van der Waals surface area contributed by atoms with E-state index in [-0.39, 0.29) is 6.61 Å². The fourth-order valence-corrected chi connectivity index (χ4v) is 2.10. The predicted molar refractivity (Wildman–Crippen MR) is 86.5 cm³/mol. The maximum atomic E-state index is 9.29. The summed E-state index contributed by atoms with van der Waals surface area (Å²) in [5.41, 5.74) is 8.92. The van der Waals surface area contributed by atoms with Crippen LogP contribution in [0.15, 0.2) is 65.2 Å². The van der Waals surface area contributed by atoms with Crippen molar-refractivity contribution in [1.29, 1.82) is 0 Å². The number of aromatic nitrogens is 3. The lowest BCUT2D eigenvalue weighted by atomic mass is 10.2. The molecule has 2 heterocycles. The van der Waals surface area contributed by atoms with E-state index in [1.165, 1.54) is 0 Å². The molecule has 7 nitrogen and oxygen atoms in total. The largest absolute Gasteiger partial charge is 0.392 e. The number of anilines is 1. The molecule has 0 atom stereocenters. The summed E-state index contributed by atoms with van der Waals surface area (Å²) < 4.78 is 1.65. The van der Waals surface area contributed by atoms with E-state index >= 15 is 0 Å². The zero-order valence-electron chi connectivity index (χ0n) is 12.4. The third kappa shape index (κ3) is 3.41. The molecule has 0 aliphatic heterocycles. The SMILES string of the molecule is Nc1c(N=Nc2ccccc2CO)cnn1Cc1ccncc1.